The Kier molecular flexibility index (Phi) is 16.1. The van der Waals surface area contributed by atoms with Crippen molar-refractivity contribution in [3.05, 3.63) is 0 Å². The summed E-state index contributed by atoms with van der Waals surface area (Å²) in [4.78, 5) is 36.1. The van der Waals surface area contributed by atoms with Crippen LogP contribution >= 0.6 is 0 Å². The van der Waals surface area contributed by atoms with E-state index in [0.29, 0.717) is 76.8 Å². The molecule has 0 amide bonds. The number of fused-ring (bicyclic) bond motifs is 10. The van der Waals surface area contributed by atoms with Gasteiger partial charge in [0.15, 0.2) is 0 Å². The summed E-state index contributed by atoms with van der Waals surface area (Å²) in [6, 6.07) is 0. The summed E-state index contributed by atoms with van der Waals surface area (Å²) >= 11 is 0. The summed E-state index contributed by atoms with van der Waals surface area (Å²) in [7, 11) is 0. The molecule has 0 saturated heterocycles. The maximum absolute atomic E-state index is 13.9. The van der Waals surface area contributed by atoms with Gasteiger partial charge in [-0.15, -0.1) is 0 Å². The second-order valence-electron chi connectivity index (χ2n) is 23.9. The van der Waals surface area contributed by atoms with Crippen molar-refractivity contribution >= 4 is 17.7 Å². The lowest BCUT2D eigenvalue weighted by Crippen LogP contribution is -2.62. The van der Waals surface area contributed by atoms with Crippen molar-refractivity contribution in [3.8, 4) is 0 Å². The minimum absolute atomic E-state index is 0. The largest absolute Gasteiger partial charge is 0.481 e. The molecule has 8 aliphatic rings. The number of hydrogen-bond donors (Lipinski definition) is 5. The summed E-state index contributed by atoms with van der Waals surface area (Å²) in [5, 5.41) is 50.8. The van der Waals surface area contributed by atoms with Crippen LogP contribution in [-0.4, -0.2) is 61.6 Å². The molecule has 358 valence electrons. The Morgan fingerprint density at radius 2 is 1.00 bits per heavy atom. The summed E-state index contributed by atoms with van der Waals surface area (Å²) in [6.07, 6.45) is 18.3. The van der Waals surface area contributed by atoms with E-state index in [-0.39, 0.29) is 79.5 Å². The van der Waals surface area contributed by atoms with Gasteiger partial charge >= 0.3 is 11.9 Å². The number of aliphatic hydroxyl groups is 3. The first kappa shape index (κ1) is 51.5. The summed E-state index contributed by atoms with van der Waals surface area (Å²) in [5.74, 6) is 4.89. The van der Waals surface area contributed by atoms with Gasteiger partial charge in [-0.05, 0) is 202 Å². The average Bonchev–Trinajstić information content (AvgIpc) is 3.74. The fourth-order valence-corrected chi connectivity index (χ4v) is 18.6. The third-order valence-corrected chi connectivity index (χ3v) is 21.7. The average molecular weight is 871 g/mol. The summed E-state index contributed by atoms with van der Waals surface area (Å²) in [6.45, 7) is 18.7. The topological polar surface area (TPSA) is 152 Å². The predicted octanol–water partition coefficient (Wildman–Crippen LogP) is 11.7. The first-order chi connectivity index (χ1) is 28.3. The Balaban J connectivity index is 0.000000227. The first-order valence-corrected chi connectivity index (χ1v) is 25.3. The zero-order valence-corrected chi connectivity index (χ0v) is 38.9. The van der Waals surface area contributed by atoms with E-state index < -0.39 is 11.9 Å². The van der Waals surface area contributed by atoms with E-state index in [1.54, 1.807) is 0 Å². The highest BCUT2D eigenvalue weighted by atomic mass is 16.4. The van der Waals surface area contributed by atoms with Gasteiger partial charge in [-0.1, -0.05) is 76.7 Å². The lowest BCUT2D eigenvalue weighted by molar-refractivity contribution is -0.203. The van der Waals surface area contributed by atoms with Gasteiger partial charge in [0.05, 0.1) is 18.3 Å². The van der Waals surface area contributed by atoms with Crippen LogP contribution < -0.4 is 0 Å². The van der Waals surface area contributed by atoms with Crippen molar-refractivity contribution in [2.24, 2.45) is 105 Å². The molecule has 10 unspecified atom stereocenters. The fourth-order valence-electron chi connectivity index (χ4n) is 18.6. The molecule has 0 radical (unpaired) electrons. The Morgan fingerprint density at radius 1 is 0.581 bits per heavy atom. The van der Waals surface area contributed by atoms with Crippen LogP contribution in [0.5, 0.6) is 0 Å². The number of rotatable bonds is 10. The fraction of sp³-hybridized carbons (Fsp3) is 0.944. The molecule has 8 saturated carbocycles. The van der Waals surface area contributed by atoms with Crippen LogP contribution in [0.2, 0.25) is 0 Å². The van der Waals surface area contributed by atoms with Crippen molar-refractivity contribution in [3.63, 3.8) is 0 Å². The lowest BCUT2D eigenvalue weighted by Gasteiger charge is -2.64. The highest BCUT2D eigenvalue weighted by molar-refractivity contribution is 5.86. The van der Waals surface area contributed by atoms with E-state index in [4.69, 9.17) is 10.2 Å². The van der Waals surface area contributed by atoms with Crippen LogP contribution in [-0.2, 0) is 14.4 Å². The molecule has 0 aromatic heterocycles. The summed E-state index contributed by atoms with van der Waals surface area (Å²) < 4.78 is 0. The number of hydrogen-bond acceptors (Lipinski definition) is 6. The molecule has 0 aromatic carbocycles. The van der Waals surface area contributed by atoms with Gasteiger partial charge in [-0.2, -0.15) is 0 Å². The number of carboxylic acid groups (broad SMARTS) is 2. The molecule has 0 aliphatic heterocycles. The monoisotopic (exact) mass is 871 g/mol. The standard InChI is InChI=1S/C26H44O4.C26H42O4.2CH4/c2*1-5-17-21-14-16(27)10-12-26(21,4)20-11-13-25(3)18(15(2)6-9-22(28)29)7-8-19(25)23(20)24(17)30;;/h15-21,23-24,27,30H,5-14H2,1-4H3,(H,28,29);15-21,23,27H,5-14H2,1-4H3,(H,28,29);2*1H4/t15-,16-,17-,18?,19?,20?,21?,23?,24-,25-,26-;15-,16-,17-,18?,19?,20?,21?,23?,25-,26-;;/m11../s1. The molecule has 8 heteroatoms. The van der Waals surface area contributed by atoms with Crippen LogP contribution in [0.3, 0.4) is 0 Å². The highest BCUT2D eigenvalue weighted by Gasteiger charge is 2.67. The normalized spacial score (nSPS) is 48.7. The Labute approximate surface area is 378 Å². The van der Waals surface area contributed by atoms with Crippen molar-refractivity contribution in [1.29, 1.82) is 0 Å². The second kappa shape index (κ2) is 19.4. The third-order valence-electron chi connectivity index (χ3n) is 21.7. The zero-order chi connectivity index (χ0) is 43.7. The molecule has 0 spiro atoms. The number of Topliss-reactive ketones (excluding diaryl/α,β-unsaturated/α-hetero) is 1. The Hall–Kier alpha value is -1.51. The van der Waals surface area contributed by atoms with E-state index in [0.717, 1.165) is 83.5 Å². The zero-order valence-electron chi connectivity index (χ0n) is 38.9. The number of carboxylic acids is 2. The molecule has 62 heavy (non-hydrogen) atoms. The molecule has 0 heterocycles. The van der Waals surface area contributed by atoms with Gasteiger partial charge in [-0.3, -0.25) is 14.4 Å². The van der Waals surface area contributed by atoms with Crippen molar-refractivity contribution < 1.29 is 39.9 Å². The quantitative estimate of drug-likeness (QED) is 0.145. The van der Waals surface area contributed by atoms with Crippen LogP contribution in [0, 0.1) is 105 Å². The highest BCUT2D eigenvalue weighted by Crippen LogP contribution is 2.71. The van der Waals surface area contributed by atoms with Gasteiger partial charge in [0, 0.05) is 24.7 Å². The number of carbonyl (C=O) groups excluding carboxylic acids is 1. The number of aliphatic carboxylic acids is 2. The molecule has 8 rings (SSSR count). The molecule has 5 N–H and O–H groups in total. The van der Waals surface area contributed by atoms with E-state index >= 15 is 0 Å². The Morgan fingerprint density at radius 3 is 1.50 bits per heavy atom. The van der Waals surface area contributed by atoms with Crippen LogP contribution in [0.25, 0.3) is 0 Å². The summed E-state index contributed by atoms with van der Waals surface area (Å²) in [5.41, 5.74) is 0.838. The maximum atomic E-state index is 13.9. The van der Waals surface area contributed by atoms with Gasteiger partial charge in [0.25, 0.3) is 0 Å². The third kappa shape index (κ3) is 8.54. The van der Waals surface area contributed by atoms with E-state index in [2.05, 4.69) is 55.4 Å². The number of aliphatic hydroxyl groups excluding tert-OH is 3. The van der Waals surface area contributed by atoms with Gasteiger partial charge in [-0.25, -0.2) is 0 Å². The van der Waals surface area contributed by atoms with E-state index in [1.807, 2.05) is 0 Å². The molecule has 21 atom stereocenters. The minimum Gasteiger partial charge on any atom is -0.481 e. The van der Waals surface area contributed by atoms with Crippen LogP contribution in [0.1, 0.15) is 199 Å². The molecule has 8 fully saturated rings. The van der Waals surface area contributed by atoms with Crippen molar-refractivity contribution in [1.82, 2.24) is 0 Å². The minimum atomic E-state index is -0.697. The lowest BCUT2D eigenvalue weighted by atomic mass is 9.41. The van der Waals surface area contributed by atoms with Crippen LogP contribution in [0.4, 0.5) is 0 Å². The molecule has 0 bridgehead atoms. The molecule has 8 nitrogen and oxygen atoms in total. The first-order valence-electron chi connectivity index (χ1n) is 25.3. The number of carbonyl (C=O) groups is 3. The number of ketones is 1. The van der Waals surface area contributed by atoms with Crippen molar-refractivity contribution in [2.75, 3.05) is 0 Å². The van der Waals surface area contributed by atoms with Gasteiger partial charge < -0.3 is 25.5 Å². The van der Waals surface area contributed by atoms with Gasteiger partial charge in [0.1, 0.15) is 5.78 Å². The smallest absolute Gasteiger partial charge is 0.303 e. The molecular weight excluding hydrogens is 777 g/mol. The van der Waals surface area contributed by atoms with E-state index in [1.165, 1.54) is 32.1 Å². The van der Waals surface area contributed by atoms with Gasteiger partial charge in [0.2, 0.25) is 0 Å². The molecule has 0 aromatic rings. The van der Waals surface area contributed by atoms with E-state index in [9.17, 15) is 29.7 Å². The predicted molar refractivity (Wildman–Crippen MR) is 248 cm³/mol. The Bertz CT molecular complexity index is 1560. The maximum Gasteiger partial charge on any atom is 0.303 e. The molecule has 8 aliphatic carbocycles. The van der Waals surface area contributed by atoms with Crippen molar-refractivity contribution in [2.45, 2.75) is 217 Å². The SMILES string of the molecule is C.C.CC[C@@H]1C2C[C@H](O)CC[C@]2(C)C2CC[C@@]3(C)C(CCC3[C@H](C)CCC(=O)O)C2[C@@H]1O.CC[C@H]1C(=O)C2C3CCC([C@H](C)CCC(=O)O)[C@@]3(C)CCC2[C@@]2(C)CC[C@@H](O)CC12. The van der Waals surface area contributed by atoms with Crippen LogP contribution in [0.15, 0.2) is 0 Å². The second-order valence-corrected chi connectivity index (χ2v) is 23.9. The molecular formula is C54H94O8.